The molecule has 1 amide bonds. The average Bonchev–Trinajstić information content (AvgIpc) is 3.14. The van der Waals surface area contributed by atoms with E-state index in [2.05, 4.69) is 10.2 Å². The Hall–Kier alpha value is -2.24. The van der Waals surface area contributed by atoms with Gasteiger partial charge in [-0.15, -0.1) is 0 Å². The van der Waals surface area contributed by atoms with Crippen LogP contribution < -0.4 is 14.8 Å². The van der Waals surface area contributed by atoms with Gasteiger partial charge in [-0.05, 0) is 55.8 Å². The molecule has 0 spiro atoms. The lowest BCUT2D eigenvalue weighted by Gasteiger charge is -2.29. The molecular formula is C22H25ClN2O3. The van der Waals surface area contributed by atoms with Crippen LogP contribution in [0.25, 0.3) is 0 Å². The standard InChI is InChI=1S/C22H25ClN2O3/c23-18-7-2-1-6-17(18)19(25-10-3-4-11-25)15-24-22(26)16-8-9-20-21(14-16)28-13-5-12-27-20/h1-2,6-9,14,19H,3-5,10-13,15H2,(H,24,26)/t19-/m1/s1. The monoisotopic (exact) mass is 400 g/mol. The Balaban J connectivity index is 1.48. The number of nitrogens with one attached hydrogen (secondary N) is 1. The summed E-state index contributed by atoms with van der Waals surface area (Å²) in [4.78, 5) is 15.2. The molecule has 5 nitrogen and oxygen atoms in total. The SMILES string of the molecule is O=C(NC[C@H](c1ccccc1Cl)N1CCCC1)c1ccc2c(c1)OCCCO2. The number of likely N-dealkylation sites (tertiary alicyclic amines) is 1. The summed E-state index contributed by atoms with van der Waals surface area (Å²) in [5.74, 6) is 1.21. The minimum Gasteiger partial charge on any atom is -0.490 e. The van der Waals surface area contributed by atoms with Crippen molar-refractivity contribution in [2.45, 2.75) is 25.3 Å². The Kier molecular flexibility index (Phi) is 6.03. The van der Waals surface area contributed by atoms with Crippen LogP contribution in [0.2, 0.25) is 5.02 Å². The molecule has 1 fully saturated rings. The highest BCUT2D eigenvalue weighted by Crippen LogP contribution is 2.31. The van der Waals surface area contributed by atoms with Crippen LogP contribution in [0.4, 0.5) is 0 Å². The summed E-state index contributed by atoms with van der Waals surface area (Å²) in [6, 6.07) is 13.3. The zero-order valence-corrected chi connectivity index (χ0v) is 16.6. The number of fused-ring (bicyclic) bond motifs is 1. The number of hydrogen-bond acceptors (Lipinski definition) is 4. The van der Waals surface area contributed by atoms with E-state index in [0.29, 0.717) is 36.8 Å². The van der Waals surface area contributed by atoms with Crippen LogP contribution in [0.5, 0.6) is 11.5 Å². The van der Waals surface area contributed by atoms with E-state index in [1.807, 2.05) is 30.3 Å². The third-order valence-electron chi connectivity index (χ3n) is 5.31. The molecule has 2 heterocycles. The van der Waals surface area contributed by atoms with Crippen molar-refractivity contribution in [2.75, 3.05) is 32.8 Å². The highest BCUT2D eigenvalue weighted by molar-refractivity contribution is 6.31. The van der Waals surface area contributed by atoms with Crippen molar-refractivity contribution in [1.29, 1.82) is 0 Å². The van der Waals surface area contributed by atoms with Crippen LogP contribution in [0.1, 0.15) is 41.2 Å². The average molecular weight is 401 g/mol. The zero-order valence-electron chi connectivity index (χ0n) is 15.8. The molecule has 1 atom stereocenters. The van der Waals surface area contributed by atoms with Crippen molar-refractivity contribution < 1.29 is 14.3 Å². The number of carbonyl (C=O) groups excluding carboxylic acids is 1. The van der Waals surface area contributed by atoms with Crippen LogP contribution in [-0.2, 0) is 0 Å². The smallest absolute Gasteiger partial charge is 0.251 e. The Morgan fingerprint density at radius 2 is 1.79 bits per heavy atom. The number of amides is 1. The number of halogens is 1. The van der Waals surface area contributed by atoms with Crippen molar-refractivity contribution in [2.24, 2.45) is 0 Å². The van der Waals surface area contributed by atoms with Crippen LogP contribution in [0.15, 0.2) is 42.5 Å². The second-order valence-corrected chi connectivity index (χ2v) is 7.61. The van der Waals surface area contributed by atoms with Gasteiger partial charge in [0, 0.05) is 23.6 Å². The molecule has 0 aliphatic carbocycles. The lowest BCUT2D eigenvalue weighted by molar-refractivity contribution is 0.0937. The fraction of sp³-hybridized carbons (Fsp3) is 0.409. The maximum absolute atomic E-state index is 12.8. The first-order valence-electron chi connectivity index (χ1n) is 9.89. The summed E-state index contributed by atoms with van der Waals surface area (Å²) in [5, 5.41) is 3.83. The molecule has 1 N–H and O–H groups in total. The van der Waals surface area contributed by atoms with Crippen LogP contribution in [-0.4, -0.2) is 43.7 Å². The van der Waals surface area contributed by atoms with Gasteiger partial charge in [-0.1, -0.05) is 29.8 Å². The highest BCUT2D eigenvalue weighted by atomic mass is 35.5. The number of benzene rings is 2. The Morgan fingerprint density at radius 1 is 1.04 bits per heavy atom. The number of rotatable bonds is 5. The molecule has 1 saturated heterocycles. The first-order chi connectivity index (χ1) is 13.7. The van der Waals surface area contributed by atoms with E-state index in [4.69, 9.17) is 21.1 Å². The summed E-state index contributed by atoms with van der Waals surface area (Å²) in [6.45, 7) is 3.79. The Bertz CT molecular complexity index is 836. The van der Waals surface area contributed by atoms with Gasteiger partial charge in [0.25, 0.3) is 5.91 Å². The van der Waals surface area contributed by atoms with Crippen LogP contribution >= 0.6 is 11.6 Å². The Labute approximate surface area is 170 Å². The first-order valence-corrected chi connectivity index (χ1v) is 10.3. The summed E-state index contributed by atoms with van der Waals surface area (Å²) in [5.41, 5.74) is 1.63. The summed E-state index contributed by atoms with van der Waals surface area (Å²) < 4.78 is 11.3. The van der Waals surface area contributed by atoms with Crippen molar-refractivity contribution in [1.82, 2.24) is 10.2 Å². The molecule has 0 unspecified atom stereocenters. The molecule has 0 saturated carbocycles. The van der Waals surface area contributed by atoms with Crippen molar-refractivity contribution >= 4 is 17.5 Å². The number of nitrogens with zero attached hydrogens (tertiary/aromatic N) is 1. The van der Waals surface area contributed by atoms with Gasteiger partial charge in [0.05, 0.1) is 19.3 Å². The summed E-state index contributed by atoms with van der Waals surface area (Å²) in [7, 11) is 0. The van der Waals surface area contributed by atoms with E-state index in [-0.39, 0.29) is 11.9 Å². The van der Waals surface area contributed by atoms with Crippen molar-refractivity contribution in [3.8, 4) is 11.5 Å². The third-order valence-corrected chi connectivity index (χ3v) is 5.66. The Morgan fingerprint density at radius 3 is 2.57 bits per heavy atom. The molecule has 4 rings (SSSR count). The first kappa shape index (κ1) is 19.1. The molecule has 2 aromatic rings. The highest BCUT2D eigenvalue weighted by Gasteiger charge is 2.26. The minimum atomic E-state index is -0.119. The predicted octanol–water partition coefficient (Wildman–Crippen LogP) is 4.07. The summed E-state index contributed by atoms with van der Waals surface area (Å²) in [6.07, 6.45) is 3.19. The predicted molar refractivity (Wildman–Crippen MR) is 109 cm³/mol. The van der Waals surface area contributed by atoms with E-state index in [1.54, 1.807) is 12.1 Å². The maximum Gasteiger partial charge on any atom is 0.251 e. The molecular weight excluding hydrogens is 376 g/mol. The van der Waals surface area contributed by atoms with Gasteiger partial charge in [0.15, 0.2) is 11.5 Å². The van der Waals surface area contributed by atoms with E-state index < -0.39 is 0 Å². The van der Waals surface area contributed by atoms with Crippen molar-refractivity contribution in [3.63, 3.8) is 0 Å². The van der Waals surface area contributed by atoms with Crippen LogP contribution in [0.3, 0.4) is 0 Å². The van der Waals surface area contributed by atoms with Gasteiger partial charge in [0.1, 0.15) is 0 Å². The van der Waals surface area contributed by atoms with Gasteiger partial charge in [-0.25, -0.2) is 0 Å². The largest absolute Gasteiger partial charge is 0.490 e. The topological polar surface area (TPSA) is 50.8 Å². The van der Waals surface area contributed by atoms with Gasteiger partial charge in [-0.3, -0.25) is 9.69 Å². The van der Waals surface area contributed by atoms with Gasteiger partial charge in [0.2, 0.25) is 0 Å². The van der Waals surface area contributed by atoms with Gasteiger partial charge in [-0.2, -0.15) is 0 Å². The minimum absolute atomic E-state index is 0.0700. The van der Waals surface area contributed by atoms with Crippen LogP contribution in [0, 0.1) is 0 Å². The lowest BCUT2D eigenvalue weighted by Crippen LogP contribution is -2.37. The number of ether oxygens (including phenoxy) is 2. The van der Waals surface area contributed by atoms with E-state index >= 15 is 0 Å². The lowest BCUT2D eigenvalue weighted by atomic mass is 10.0. The van der Waals surface area contributed by atoms with E-state index in [0.717, 1.165) is 30.1 Å². The quantitative estimate of drug-likeness (QED) is 0.822. The van der Waals surface area contributed by atoms with E-state index in [9.17, 15) is 4.79 Å². The number of hydrogen-bond donors (Lipinski definition) is 1. The molecule has 0 radical (unpaired) electrons. The second kappa shape index (κ2) is 8.84. The van der Waals surface area contributed by atoms with E-state index in [1.165, 1.54) is 12.8 Å². The van der Waals surface area contributed by atoms with Crippen molar-refractivity contribution in [3.05, 3.63) is 58.6 Å². The fourth-order valence-corrected chi connectivity index (χ4v) is 4.09. The molecule has 6 heteroatoms. The van der Waals surface area contributed by atoms with Gasteiger partial charge >= 0.3 is 0 Å². The molecule has 2 aliphatic rings. The maximum atomic E-state index is 12.8. The summed E-state index contributed by atoms with van der Waals surface area (Å²) >= 11 is 6.45. The zero-order chi connectivity index (χ0) is 19.3. The molecule has 28 heavy (non-hydrogen) atoms. The molecule has 2 aliphatic heterocycles. The third kappa shape index (κ3) is 4.26. The molecule has 0 bridgehead atoms. The molecule has 2 aromatic carbocycles. The molecule has 0 aromatic heterocycles. The number of carbonyl (C=O) groups is 1. The normalized spacial score (nSPS) is 17.8. The molecule has 148 valence electrons. The van der Waals surface area contributed by atoms with Gasteiger partial charge < -0.3 is 14.8 Å². The fourth-order valence-electron chi connectivity index (χ4n) is 3.83. The second-order valence-electron chi connectivity index (χ2n) is 7.20.